The second-order valence-corrected chi connectivity index (χ2v) is 6.20. The third kappa shape index (κ3) is 2.49. The van der Waals surface area contributed by atoms with E-state index in [-0.39, 0.29) is 23.8 Å². The fraction of sp³-hybridized carbons (Fsp3) is 0.500. The fourth-order valence-electron chi connectivity index (χ4n) is 2.73. The van der Waals surface area contributed by atoms with Gasteiger partial charge < -0.3 is 4.74 Å². The van der Waals surface area contributed by atoms with Crippen molar-refractivity contribution in [2.75, 3.05) is 29.6 Å². The number of hydrogen-bond acceptors (Lipinski definition) is 3. The first kappa shape index (κ1) is 13.7. The van der Waals surface area contributed by atoms with Gasteiger partial charge in [-0.1, -0.05) is 0 Å². The largest absolute Gasteiger partial charge is 0.447 e. The molecule has 1 aromatic rings. The first-order valence-electron chi connectivity index (χ1n) is 6.68. The first-order chi connectivity index (χ1) is 9.66. The van der Waals surface area contributed by atoms with Crippen molar-refractivity contribution in [1.82, 2.24) is 0 Å². The highest BCUT2D eigenvalue weighted by molar-refractivity contribution is 7.99. The number of carbonyl (C=O) groups excluding carboxylic acids is 1. The van der Waals surface area contributed by atoms with Crippen molar-refractivity contribution in [1.29, 1.82) is 0 Å². The Kier molecular flexibility index (Phi) is 3.83. The summed E-state index contributed by atoms with van der Waals surface area (Å²) in [6.07, 6.45) is 1.04. The zero-order chi connectivity index (χ0) is 14.1. The van der Waals surface area contributed by atoms with Crippen LogP contribution in [0.4, 0.5) is 19.3 Å². The standard InChI is InChI=1S/C14H15F2NO2S/c15-11-7-10(17-3-4-19-14(17)18)8-12(16)13(11)9-1-5-20-6-2-9/h7-9H,1-6H2. The Hall–Kier alpha value is -1.30. The SMILES string of the molecule is O=C1OCCN1c1cc(F)c(C2CCSCC2)c(F)c1. The molecule has 0 saturated carbocycles. The van der Waals surface area contributed by atoms with Crippen LogP contribution in [0.2, 0.25) is 0 Å². The van der Waals surface area contributed by atoms with Crippen LogP contribution in [0, 0.1) is 11.6 Å². The zero-order valence-corrected chi connectivity index (χ0v) is 11.7. The normalized spacial score (nSPS) is 20.3. The van der Waals surface area contributed by atoms with Gasteiger partial charge in [0.25, 0.3) is 0 Å². The Morgan fingerprint density at radius 3 is 2.40 bits per heavy atom. The quantitative estimate of drug-likeness (QED) is 0.836. The van der Waals surface area contributed by atoms with Gasteiger partial charge in [0.2, 0.25) is 0 Å². The van der Waals surface area contributed by atoms with Crippen LogP contribution in [-0.4, -0.2) is 30.8 Å². The highest BCUT2D eigenvalue weighted by Crippen LogP contribution is 2.36. The number of nitrogens with zero attached hydrogens (tertiary/aromatic N) is 1. The highest BCUT2D eigenvalue weighted by Gasteiger charge is 2.28. The molecule has 0 unspecified atom stereocenters. The topological polar surface area (TPSA) is 29.5 Å². The molecule has 0 aliphatic carbocycles. The number of amides is 1. The van der Waals surface area contributed by atoms with Gasteiger partial charge in [0, 0.05) is 5.56 Å². The molecular formula is C14H15F2NO2S. The number of anilines is 1. The maximum Gasteiger partial charge on any atom is 0.414 e. The highest BCUT2D eigenvalue weighted by atomic mass is 32.2. The van der Waals surface area contributed by atoms with Gasteiger partial charge in [-0.15, -0.1) is 0 Å². The summed E-state index contributed by atoms with van der Waals surface area (Å²) in [4.78, 5) is 12.7. The molecule has 6 heteroatoms. The molecule has 0 aromatic heterocycles. The molecule has 1 amide bonds. The number of cyclic esters (lactones) is 1. The Morgan fingerprint density at radius 2 is 1.85 bits per heavy atom. The van der Waals surface area contributed by atoms with E-state index in [0.717, 1.165) is 24.3 Å². The summed E-state index contributed by atoms with van der Waals surface area (Å²) >= 11 is 1.81. The van der Waals surface area contributed by atoms with E-state index >= 15 is 0 Å². The monoisotopic (exact) mass is 299 g/mol. The van der Waals surface area contributed by atoms with E-state index in [1.807, 2.05) is 11.8 Å². The average Bonchev–Trinajstić information content (AvgIpc) is 2.85. The van der Waals surface area contributed by atoms with Crippen molar-refractivity contribution in [2.45, 2.75) is 18.8 Å². The second-order valence-electron chi connectivity index (χ2n) is 4.98. The minimum atomic E-state index is -0.559. The number of benzene rings is 1. The Balaban J connectivity index is 1.91. The Labute approximate surface area is 120 Å². The lowest BCUT2D eigenvalue weighted by Crippen LogP contribution is -2.24. The molecule has 2 aliphatic heterocycles. The summed E-state index contributed by atoms with van der Waals surface area (Å²) < 4.78 is 33.3. The van der Waals surface area contributed by atoms with E-state index in [1.165, 1.54) is 17.0 Å². The predicted molar refractivity (Wildman–Crippen MR) is 74.4 cm³/mol. The van der Waals surface area contributed by atoms with E-state index in [4.69, 9.17) is 4.74 Å². The number of ether oxygens (including phenoxy) is 1. The molecular weight excluding hydrogens is 284 g/mol. The molecule has 0 N–H and O–H groups in total. The van der Waals surface area contributed by atoms with Crippen molar-refractivity contribution in [3.63, 3.8) is 0 Å². The van der Waals surface area contributed by atoms with Gasteiger partial charge in [-0.3, -0.25) is 4.90 Å². The van der Waals surface area contributed by atoms with E-state index in [2.05, 4.69) is 0 Å². The minimum absolute atomic E-state index is 0.0594. The summed E-state index contributed by atoms with van der Waals surface area (Å²) in [5.41, 5.74) is 0.401. The van der Waals surface area contributed by atoms with Crippen LogP contribution >= 0.6 is 11.8 Å². The number of halogens is 2. The Morgan fingerprint density at radius 1 is 1.20 bits per heavy atom. The Bertz CT molecular complexity index is 509. The molecule has 108 valence electrons. The molecule has 2 aliphatic rings. The van der Waals surface area contributed by atoms with E-state index in [1.54, 1.807) is 0 Å². The van der Waals surface area contributed by atoms with Crippen LogP contribution in [-0.2, 0) is 4.74 Å². The molecule has 0 bridgehead atoms. The number of carbonyl (C=O) groups is 1. The third-order valence-corrected chi connectivity index (χ3v) is 4.81. The summed E-state index contributed by atoms with van der Waals surface area (Å²) in [7, 11) is 0. The van der Waals surface area contributed by atoms with Crippen molar-refractivity contribution >= 4 is 23.5 Å². The summed E-state index contributed by atoms with van der Waals surface area (Å²) in [5.74, 6) is 0.692. The molecule has 0 radical (unpaired) electrons. The minimum Gasteiger partial charge on any atom is -0.447 e. The number of hydrogen-bond donors (Lipinski definition) is 0. The zero-order valence-electron chi connectivity index (χ0n) is 10.9. The van der Waals surface area contributed by atoms with Gasteiger partial charge >= 0.3 is 6.09 Å². The molecule has 2 heterocycles. The fourth-order valence-corrected chi connectivity index (χ4v) is 3.84. The lowest BCUT2D eigenvalue weighted by molar-refractivity contribution is 0.181. The van der Waals surface area contributed by atoms with Gasteiger partial charge in [-0.2, -0.15) is 11.8 Å². The molecule has 1 aromatic carbocycles. The van der Waals surface area contributed by atoms with Crippen LogP contribution in [0.25, 0.3) is 0 Å². The van der Waals surface area contributed by atoms with Crippen molar-refractivity contribution < 1.29 is 18.3 Å². The predicted octanol–water partition coefficient (Wildman–Crippen LogP) is 3.53. The summed E-state index contributed by atoms with van der Waals surface area (Å²) in [6, 6.07) is 2.49. The smallest absolute Gasteiger partial charge is 0.414 e. The number of rotatable bonds is 2. The molecule has 2 fully saturated rings. The van der Waals surface area contributed by atoms with Crippen LogP contribution < -0.4 is 4.90 Å². The van der Waals surface area contributed by atoms with Gasteiger partial charge in [-0.05, 0) is 42.4 Å². The molecule has 3 nitrogen and oxygen atoms in total. The van der Waals surface area contributed by atoms with Crippen LogP contribution in [0.5, 0.6) is 0 Å². The average molecular weight is 299 g/mol. The van der Waals surface area contributed by atoms with Gasteiger partial charge in [0.1, 0.15) is 18.2 Å². The van der Waals surface area contributed by atoms with Gasteiger partial charge in [0.05, 0.1) is 12.2 Å². The molecule has 0 atom stereocenters. The van der Waals surface area contributed by atoms with Crippen molar-refractivity contribution in [2.24, 2.45) is 0 Å². The lowest BCUT2D eigenvalue weighted by Gasteiger charge is -2.23. The molecule has 20 heavy (non-hydrogen) atoms. The van der Waals surface area contributed by atoms with Gasteiger partial charge in [-0.25, -0.2) is 13.6 Å². The van der Waals surface area contributed by atoms with E-state index in [9.17, 15) is 13.6 Å². The van der Waals surface area contributed by atoms with Crippen molar-refractivity contribution in [3.05, 3.63) is 29.3 Å². The number of thioether (sulfide) groups is 1. The first-order valence-corrected chi connectivity index (χ1v) is 7.83. The van der Waals surface area contributed by atoms with E-state index in [0.29, 0.717) is 6.54 Å². The molecule has 3 rings (SSSR count). The second kappa shape index (κ2) is 5.60. The molecule has 0 spiro atoms. The lowest BCUT2D eigenvalue weighted by atomic mass is 9.92. The van der Waals surface area contributed by atoms with Crippen molar-refractivity contribution in [3.8, 4) is 0 Å². The summed E-state index contributed by atoms with van der Waals surface area (Å²) in [5, 5.41) is 0. The van der Waals surface area contributed by atoms with E-state index < -0.39 is 17.7 Å². The summed E-state index contributed by atoms with van der Waals surface area (Å²) in [6.45, 7) is 0.584. The third-order valence-electron chi connectivity index (χ3n) is 3.77. The van der Waals surface area contributed by atoms with Crippen LogP contribution in [0.15, 0.2) is 12.1 Å². The van der Waals surface area contributed by atoms with Gasteiger partial charge in [0.15, 0.2) is 0 Å². The van der Waals surface area contributed by atoms with Crippen LogP contribution in [0.3, 0.4) is 0 Å². The maximum absolute atomic E-state index is 14.3. The maximum atomic E-state index is 14.3. The van der Waals surface area contributed by atoms with Crippen LogP contribution in [0.1, 0.15) is 24.3 Å². The molecule has 2 saturated heterocycles.